The first-order valence-corrected chi connectivity index (χ1v) is 6.25. The Labute approximate surface area is 99.6 Å². The van der Waals surface area contributed by atoms with Crippen molar-refractivity contribution in [3.8, 4) is 0 Å². The summed E-state index contributed by atoms with van der Waals surface area (Å²) < 4.78 is 1.32. The van der Waals surface area contributed by atoms with E-state index in [1.165, 1.54) is 19.9 Å². The van der Waals surface area contributed by atoms with Gasteiger partial charge in [-0.1, -0.05) is 46.3 Å². The second kappa shape index (κ2) is 3.96. The van der Waals surface area contributed by atoms with E-state index in [2.05, 4.69) is 74.9 Å². The van der Waals surface area contributed by atoms with E-state index in [9.17, 15) is 0 Å². The summed E-state index contributed by atoms with van der Waals surface area (Å²) in [5.41, 5.74) is 1.36. The molecule has 0 heterocycles. The normalized spacial score (nSPS) is 10.6. The van der Waals surface area contributed by atoms with Crippen LogP contribution < -0.4 is 0 Å². The van der Waals surface area contributed by atoms with Gasteiger partial charge in [0.2, 0.25) is 0 Å². The molecule has 2 aromatic carbocycles. The van der Waals surface area contributed by atoms with E-state index >= 15 is 0 Å². The second-order valence-electron chi connectivity index (χ2n) is 2.89. The van der Waals surface area contributed by atoms with Crippen LogP contribution in [-0.2, 0) is 5.33 Å². The molecular formula is C11H8BrI. The van der Waals surface area contributed by atoms with Gasteiger partial charge in [0.15, 0.2) is 0 Å². The lowest BCUT2D eigenvalue weighted by atomic mass is 10.1. The molecule has 0 N–H and O–H groups in total. The molecule has 66 valence electrons. The lowest BCUT2D eigenvalue weighted by Gasteiger charge is -2.04. The fourth-order valence-corrected chi connectivity index (χ4v) is 2.62. The monoisotopic (exact) mass is 346 g/mol. The number of hydrogen-bond donors (Lipinski definition) is 0. The van der Waals surface area contributed by atoms with Crippen molar-refractivity contribution in [1.29, 1.82) is 0 Å². The Kier molecular flexibility index (Phi) is 2.89. The third-order valence-corrected chi connectivity index (χ3v) is 3.65. The molecule has 2 rings (SSSR count). The highest BCUT2D eigenvalue weighted by Crippen LogP contribution is 2.24. The summed E-state index contributed by atoms with van der Waals surface area (Å²) in [7, 11) is 0. The molecule has 0 aromatic heterocycles. The predicted molar refractivity (Wildman–Crippen MR) is 69.3 cm³/mol. The van der Waals surface area contributed by atoms with E-state index < -0.39 is 0 Å². The molecule has 0 atom stereocenters. The highest BCUT2D eigenvalue weighted by Gasteiger charge is 2.00. The van der Waals surface area contributed by atoms with Crippen molar-refractivity contribution in [2.45, 2.75) is 5.33 Å². The van der Waals surface area contributed by atoms with Crippen LogP contribution in [0, 0.1) is 3.57 Å². The number of fused-ring (bicyclic) bond motifs is 1. The van der Waals surface area contributed by atoms with E-state index in [0.717, 1.165) is 5.33 Å². The Balaban J connectivity index is 2.84. The molecular weight excluding hydrogens is 339 g/mol. The third kappa shape index (κ3) is 1.74. The maximum Gasteiger partial charge on any atom is 0.0289 e. The molecule has 0 bridgehead atoms. The van der Waals surface area contributed by atoms with Crippen molar-refractivity contribution in [3.05, 3.63) is 45.5 Å². The van der Waals surface area contributed by atoms with Gasteiger partial charge in [0, 0.05) is 8.90 Å². The molecule has 0 saturated heterocycles. The van der Waals surface area contributed by atoms with Gasteiger partial charge in [-0.05, 0) is 45.0 Å². The van der Waals surface area contributed by atoms with Crippen molar-refractivity contribution in [2.75, 3.05) is 0 Å². The van der Waals surface area contributed by atoms with Gasteiger partial charge in [0.25, 0.3) is 0 Å². The van der Waals surface area contributed by atoms with Crippen LogP contribution in [0.3, 0.4) is 0 Å². The van der Waals surface area contributed by atoms with E-state index in [-0.39, 0.29) is 0 Å². The molecule has 0 radical (unpaired) electrons. The van der Waals surface area contributed by atoms with Gasteiger partial charge in [-0.15, -0.1) is 0 Å². The van der Waals surface area contributed by atoms with Crippen LogP contribution in [0.15, 0.2) is 36.4 Å². The van der Waals surface area contributed by atoms with E-state index in [1.54, 1.807) is 0 Å². The van der Waals surface area contributed by atoms with Crippen LogP contribution in [0.25, 0.3) is 10.8 Å². The molecule has 2 aromatic rings. The van der Waals surface area contributed by atoms with Crippen molar-refractivity contribution < 1.29 is 0 Å². The number of alkyl halides is 1. The van der Waals surface area contributed by atoms with Gasteiger partial charge in [-0.2, -0.15) is 0 Å². The first-order chi connectivity index (χ1) is 6.33. The Hall–Kier alpha value is -0.0900. The summed E-state index contributed by atoms with van der Waals surface area (Å²) in [6.45, 7) is 0. The van der Waals surface area contributed by atoms with Gasteiger partial charge in [-0.25, -0.2) is 0 Å². The van der Waals surface area contributed by atoms with Crippen molar-refractivity contribution >= 4 is 49.3 Å². The average Bonchev–Trinajstić information content (AvgIpc) is 2.18. The molecule has 2 heteroatoms. The first kappa shape index (κ1) is 9.46. The summed E-state index contributed by atoms with van der Waals surface area (Å²) >= 11 is 5.88. The highest BCUT2D eigenvalue weighted by molar-refractivity contribution is 14.1. The van der Waals surface area contributed by atoms with Crippen molar-refractivity contribution in [1.82, 2.24) is 0 Å². The zero-order valence-electron chi connectivity index (χ0n) is 6.93. The molecule has 0 amide bonds. The molecule has 0 aliphatic rings. The number of rotatable bonds is 1. The fraction of sp³-hybridized carbons (Fsp3) is 0.0909. The maximum atomic E-state index is 3.50. The highest BCUT2D eigenvalue weighted by atomic mass is 127. The fourth-order valence-electron chi connectivity index (χ4n) is 1.45. The number of benzene rings is 2. The summed E-state index contributed by atoms with van der Waals surface area (Å²) in [6.07, 6.45) is 0. The Morgan fingerprint density at radius 1 is 1.00 bits per heavy atom. The minimum absolute atomic E-state index is 0.921. The molecule has 0 unspecified atom stereocenters. The Bertz CT molecular complexity index is 437. The van der Waals surface area contributed by atoms with Gasteiger partial charge in [-0.3, -0.25) is 0 Å². The molecule has 13 heavy (non-hydrogen) atoms. The average molecular weight is 347 g/mol. The molecule has 0 saturated carbocycles. The lowest BCUT2D eigenvalue weighted by Crippen LogP contribution is -1.83. The van der Waals surface area contributed by atoms with Crippen LogP contribution in [0.2, 0.25) is 0 Å². The summed E-state index contributed by atoms with van der Waals surface area (Å²) in [6, 6.07) is 12.9. The minimum Gasteiger partial charge on any atom is -0.0876 e. The van der Waals surface area contributed by atoms with Gasteiger partial charge < -0.3 is 0 Å². The van der Waals surface area contributed by atoms with Crippen LogP contribution in [0.1, 0.15) is 5.56 Å². The first-order valence-electron chi connectivity index (χ1n) is 4.05. The van der Waals surface area contributed by atoms with Gasteiger partial charge >= 0.3 is 0 Å². The number of halogens is 2. The Morgan fingerprint density at radius 2 is 1.69 bits per heavy atom. The molecule has 0 aliphatic carbocycles. The molecule has 0 nitrogen and oxygen atoms in total. The summed E-state index contributed by atoms with van der Waals surface area (Å²) in [4.78, 5) is 0. The lowest BCUT2D eigenvalue weighted by molar-refractivity contribution is 1.49. The zero-order valence-corrected chi connectivity index (χ0v) is 10.7. The molecule has 0 spiro atoms. The Morgan fingerprint density at radius 3 is 2.46 bits per heavy atom. The largest absolute Gasteiger partial charge is 0.0876 e. The maximum absolute atomic E-state index is 3.50. The van der Waals surface area contributed by atoms with Crippen LogP contribution >= 0.6 is 38.5 Å². The van der Waals surface area contributed by atoms with Gasteiger partial charge in [0.05, 0.1) is 0 Å². The summed E-state index contributed by atoms with van der Waals surface area (Å²) in [5, 5.41) is 3.62. The van der Waals surface area contributed by atoms with Gasteiger partial charge in [0.1, 0.15) is 0 Å². The SMILES string of the molecule is BrCc1cccc2c(I)cccc12. The quantitative estimate of drug-likeness (QED) is 0.532. The van der Waals surface area contributed by atoms with Crippen molar-refractivity contribution in [3.63, 3.8) is 0 Å². The zero-order chi connectivity index (χ0) is 9.26. The number of hydrogen-bond acceptors (Lipinski definition) is 0. The minimum atomic E-state index is 0.921. The molecule has 0 aliphatic heterocycles. The predicted octanol–water partition coefficient (Wildman–Crippen LogP) is 4.34. The third-order valence-electron chi connectivity index (χ3n) is 2.10. The van der Waals surface area contributed by atoms with Crippen LogP contribution in [0.4, 0.5) is 0 Å². The van der Waals surface area contributed by atoms with E-state index in [1.807, 2.05) is 0 Å². The van der Waals surface area contributed by atoms with Crippen LogP contribution in [0.5, 0.6) is 0 Å². The van der Waals surface area contributed by atoms with E-state index in [0.29, 0.717) is 0 Å². The topological polar surface area (TPSA) is 0 Å². The van der Waals surface area contributed by atoms with E-state index in [4.69, 9.17) is 0 Å². The van der Waals surface area contributed by atoms with Crippen LogP contribution in [-0.4, -0.2) is 0 Å². The smallest absolute Gasteiger partial charge is 0.0289 e. The second-order valence-corrected chi connectivity index (χ2v) is 4.61. The standard InChI is InChI=1S/C11H8BrI/c12-7-8-3-1-5-10-9(8)4-2-6-11(10)13/h1-6H,7H2. The molecule has 0 fully saturated rings. The van der Waals surface area contributed by atoms with Crippen molar-refractivity contribution in [2.24, 2.45) is 0 Å². The summed E-state index contributed by atoms with van der Waals surface area (Å²) in [5.74, 6) is 0.